The molecule has 0 unspecified atom stereocenters. The summed E-state index contributed by atoms with van der Waals surface area (Å²) in [4.78, 5) is 20.6. The Balaban J connectivity index is 1.31. The van der Waals surface area contributed by atoms with E-state index < -0.39 is 16.1 Å². The zero-order valence-corrected chi connectivity index (χ0v) is 20.5. The summed E-state index contributed by atoms with van der Waals surface area (Å²) in [6.45, 7) is 3.96. The van der Waals surface area contributed by atoms with Crippen molar-refractivity contribution < 1.29 is 17.9 Å². The fraction of sp³-hybridized carbons (Fsp3) is 0.115. The van der Waals surface area contributed by atoms with Crippen LogP contribution in [0.15, 0.2) is 89.8 Å². The van der Waals surface area contributed by atoms with Crippen LogP contribution in [0, 0.1) is 13.8 Å². The van der Waals surface area contributed by atoms with Crippen molar-refractivity contribution in [1.29, 1.82) is 0 Å². The van der Waals surface area contributed by atoms with Gasteiger partial charge in [0.15, 0.2) is 0 Å². The first-order chi connectivity index (χ1) is 17.3. The minimum Gasteiger partial charge on any atom is -0.489 e. The van der Waals surface area contributed by atoms with Crippen LogP contribution in [0.1, 0.15) is 17.0 Å². The number of anilines is 3. The Morgan fingerprint density at radius 2 is 1.36 bits per heavy atom. The molecule has 0 spiro atoms. The largest absolute Gasteiger partial charge is 0.489 e. The third kappa shape index (κ3) is 6.80. The highest BCUT2D eigenvalue weighted by Gasteiger charge is 2.16. The molecular weight excluding hydrogens is 478 g/mol. The van der Waals surface area contributed by atoms with Crippen LogP contribution in [-0.2, 0) is 16.6 Å². The highest BCUT2D eigenvalue weighted by molar-refractivity contribution is 7.92. The van der Waals surface area contributed by atoms with Crippen molar-refractivity contribution >= 4 is 33.4 Å². The molecule has 0 radical (unpaired) electrons. The lowest BCUT2D eigenvalue weighted by Crippen LogP contribution is -2.19. The lowest BCUT2D eigenvalue weighted by Gasteiger charge is -2.11. The summed E-state index contributed by atoms with van der Waals surface area (Å²) in [7, 11) is -3.88. The lowest BCUT2D eigenvalue weighted by molar-refractivity contribution is 0.262. The van der Waals surface area contributed by atoms with E-state index in [1.807, 2.05) is 30.3 Å². The second-order valence-electron chi connectivity index (χ2n) is 7.98. The Morgan fingerprint density at radius 1 is 0.806 bits per heavy atom. The molecule has 10 heteroatoms. The summed E-state index contributed by atoms with van der Waals surface area (Å²) in [5, 5.41) is 5.40. The van der Waals surface area contributed by atoms with Gasteiger partial charge in [-0.05, 0) is 74.0 Å². The normalized spacial score (nSPS) is 10.9. The molecule has 9 nitrogen and oxygen atoms in total. The molecule has 1 aromatic heterocycles. The molecule has 0 saturated carbocycles. The monoisotopic (exact) mass is 503 g/mol. The molecule has 0 bridgehead atoms. The van der Waals surface area contributed by atoms with Crippen LogP contribution in [0.4, 0.5) is 22.1 Å². The molecule has 4 rings (SSSR count). The molecule has 1 heterocycles. The zero-order valence-electron chi connectivity index (χ0n) is 19.7. The van der Waals surface area contributed by atoms with Crippen molar-refractivity contribution in [3.63, 3.8) is 0 Å². The number of hydrogen-bond donors (Lipinski definition) is 3. The fourth-order valence-electron chi connectivity index (χ4n) is 3.34. The maximum Gasteiger partial charge on any atom is 0.323 e. The fourth-order valence-corrected chi connectivity index (χ4v) is 4.28. The highest BCUT2D eigenvalue weighted by atomic mass is 32.2. The number of ether oxygens (including phenoxy) is 1. The number of rotatable bonds is 8. The van der Waals surface area contributed by atoms with Gasteiger partial charge in [-0.2, -0.15) is 0 Å². The summed E-state index contributed by atoms with van der Waals surface area (Å²) in [5.41, 5.74) is 3.38. The number of benzene rings is 3. The van der Waals surface area contributed by atoms with E-state index in [0.29, 0.717) is 35.1 Å². The summed E-state index contributed by atoms with van der Waals surface area (Å²) >= 11 is 0. The Morgan fingerprint density at radius 3 is 1.94 bits per heavy atom. The number of carbonyl (C=O) groups excluding carboxylic acids is 1. The Labute approximate surface area is 209 Å². The number of nitrogens with zero attached hydrogens (tertiary/aromatic N) is 2. The first-order valence-corrected chi connectivity index (χ1v) is 12.6. The second kappa shape index (κ2) is 10.9. The number of sulfonamides is 1. The van der Waals surface area contributed by atoms with E-state index in [2.05, 4.69) is 25.3 Å². The lowest BCUT2D eigenvalue weighted by atomic mass is 10.2. The van der Waals surface area contributed by atoms with E-state index in [1.165, 1.54) is 24.3 Å². The van der Waals surface area contributed by atoms with Gasteiger partial charge in [-0.25, -0.2) is 27.9 Å². The van der Waals surface area contributed by atoms with Crippen LogP contribution in [0.5, 0.6) is 5.75 Å². The Kier molecular flexibility index (Phi) is 7.45. The van der Waals surface area contributed by atoms with Gasteiger partial charge in [-0.15, -0.1) is 0 Å². The number of aryl methyl sites for hydroxylation is 2. The standard InChI is InChI=1S/C26H25N5O4S/c1-18-16-19(2)28-25(27-18)31-36(33,34)24-14-10-22(11-15-24)30-26(32)29-21-8-12-23(13-9-21)35-17-20-6-4-3-5-7-20/h3-16H,17H2,1-2H3,(H,27,28,31)(H2,29,30,32). The minimum atomic E-state index is -3.88. The molecule has 0 aliphatic heterocycles. The van der Waals surface area contributed by atoms with Crippen LogP contribution in [-0.4, -0.2) is 24.4 Å². The average Bonchev–Trinajstić information content (AvgIpc) is 2.83. The predicted octanol–water partition coefficient (Wildman–Crippen LogP) is 5.12. The van der Waals surface area contributed by atoms with Crippen LogP contribution >= 0.6 is 0 Å². The van der Waals surface area contributed by atoms with E-state index >= 15 is 0 Å². The van der Waals surface area contributed by atoms with Crippen LogP contribution in [0.25, 0.3) is 0 Å². The molecule has 3 N–H and O–H groups in total. The third-order valence-corrected chi connectivity index (χ3v) is 6.34. The zero-order chi connectivity index (χ0) is 25.5. The van der Waals surface area contributed by atoms with E-state index in [9.17, 15) is 13.2 Å². The number of urea groups is 1. The summed E-state index contributed by atoms with van der Waals surface area (Å²) < 4.78 is 33.4. The van der Waals surface area contributed by atoms with Crippen molar-refractivity contribution in [2.24, 2.45) is 0 Å². The number of aromatic nitrogens is 2. The van der Waals surface area contributed by atoms with Crippen LogP contribution in [0.3, 0.4) is 0 Å². The van der Waals surface area contributed by atoms with Crippen molar-refractivity contribution in [2.45, 2.75) is 25.3 Å². The van der Waals surface area contributed by atoms with Gasteiger partial charge in [-0.1, -0.05) is 30.3 Å². The van der Waals surface area contributed by atoms with Crippen molar-refractivity contribution in [2.75, 3.05) is 15.4 Å². The SMILES string of the molecule is Cc1cc(C)nc(NS(=O)(=O)c2ccc(NC(=O)Nc3ccc(OCc4ccccc4)cc3)cc2)n1. The van der Waals surface area contributed by atoms with Gasteiger partial charge in [-0.3, -0.25) is 0 Å². The first kappa shape index (κ1) is 24.7. The second-order valence-corrected chi connectivity index (χ2v) is 9.66. The van der Waals surface area contributed by atoms with E-state index in [1.54, 1.807) is 44.2 Å². The van der Waals surface area contributed by atoms with Crippen molar-refractivity contribution in [1.82, 2.24) is 9.97 Å². The van der Waals surface area contributed by atoms with E-state index in [0.717, 1.165) is 5.56 Å². The molecule has 0 aliphatic rings. The van der Waals surface area contributed by atoms with Gasteiger partial charge in [0.1, 0.15) is 12.4 Å². The summed E-state index contributed by atoms with van der Waals surface area (Å²) in [6.07, 6.45) is 0. The highest BCUT2D eigenvalue weighted by Crippen LogP contribution is 2.19. The molecular formula is C26H25N5O4S. The van der Waals surface area contributed by atoms with E-state index in [4.69, 9.17) is 4.74 Å². The molecule has 36 heavy (non-hydrogen) atoms. The topological polar surface area (TPSA) is 122 Å². The maximum absolute atomic E-state index is 12.7. The summed E-state index contributed by atoms with van der Waals surface area (Å²) in [5.74, 6) is 0.687. The smallest absolute Gasteiger partial charge is 0.323 e. The Hall–Kier alpha value is -4.44. The van der Waals surface area contributed by atoms with Gasteiger partial charge in [0.2, 0.25) is 5.95 Å². The quantitative estimate of drug-likeness (QED) is 0.307. The van der Waals surface area contributed by atoms with Crippen molar-refractivity contribution in [3.05, 3.63) is 102 Å². The first-order valence-electron chi connectivity index (χ1n) is 11.1. The molecule has 184 valence electrons. The number of carbonyl (C=O) groups is 1. The number of hydrogen-bond acceptors (Lipinski definition) is 6. The van der Waals surface area contributed by atoms with Gasteiger partial charge in [0.25, 0.3) is 10.0 Å². The third-order valence-electron chi connectivity index (χ3n) is 4.99. The minimum absolute atomic E-state index is 0.00515. The van der Waals surface area contributed by atoms with Gasteiger partial charge in [0.05, 0.1) is 4.90 Å². The van der Waals surface area contributed by atoms with Crippen LogP contribution < -0.4 is 20.1 Å². The number of nitrogens with one attached hydrogen (secondary N) is 3. The van der Waals surface area contributed by atoms with Gasteiger partial charge >= 0.3 is 6.03 Å². The molecule has 4 aromatic rings. The average molecular weight is 504 g/mol. The van der Waals surface area contributed by atoms with Crippen molar-refractivity contribution in [3.8, 4) is 5.75 Å². The predicted molar refractivity (Wildman–Crippen MR) is 139 cm³/mol. The van der Waals surface area contributed by atoms with Crippen LogP contribution in [0.2, 0.25) is 0 Å². The summed E-state index contributed by atoms with van der Waals surface area (Å²) in [6, 6.07) is 23.9. The van der Waals surface area contributed by atoms with Gasteiger partial charge in [0, 0.05) is 22.8 Å². The Bertz CT molecular complexity index is 1420. The van der Waals surface area contributed by atoms with Gasteiger partial charge < -0.3 is 15.4 Å². The maximum atomic E-state index is 12.7. The number of amides is 2. The molecule has 0 fully saturated rings. The molecule has 3 aromatic carbocycles. The molecule has 0 atom stereocenters. The molecule has 0 aliphatic carbocycles. The molecule has 2 amide bonds. The molecule has 0 saturated heterocycles. The van der Waals surface area contributed by atoms with E-state index in [-0.39, 0.29) is 10.8 Å².